The fourth-order valence-corrected chi connectivity index (χ4v) is 4.69. The van der Waals surface area contributed by atoms with Gasteiger partial charge in [0.25, 0.3) is 5.24 Å². The van der Waals surface area contributed by atoms with E-state index in [0.29, 0.717) is 4.90 Å². The van der Waals surface area contributed by atoms with Crippen LogP contribution >= 0.6 is 75.8 Å². The first-order chi connectivity index (χ1) is 11.8. The largest absolute Gasteiger partial charge is 0.290 e. The fraction of sp³-hybridized carbons (Fsp3) is 0.417. The van der Waals surface area contributed by atoms with Crippen LogP contribution in [0.4, 0.5) is 4.79 Å². The highest BCUT2D eigenvalue weighted by Gasteiger charge is 2.73. The number of rotatable bonds is 9. The molecule has 0 fully saturated rings. The molecule has 0 saturated carbocycles. The van der Waals surface area contributed by atoms with Gasteiger partial charge >= 0.3 is 0 Å². The van der Waals surface area contributed by atoms with Crippen LogP contribution in [-0.2, 0) is 24.0 Å². The van der Waals surface area contributed by atoms with E-state index in [1.807, 2.05) is 0 Å². The Morgan fingerprint density at radius 1 is 0.731 bits per heavy atom. The summed E-state index contributed by atoms with van der Waals surface area (Å²) in [6.45, 7) is 1.36. The van der Waals surface area contributed by atoms with Crippen LogP contribution in [0.1, 0.15) is 13.3 Å². The van der Waals surface area contributed by atoms with Crippen LogP contribution in [0.15, 0.2) is 0 Å². The van der Waals surface area contributed by atoms with Gasteiger partial charge in [0.05, 0.1) is 0 Å². The number of nitrogens with one attached hydrogen (secondary N) is 1. The molecule has 0 heterocycles. The van der Waals surface area contributed by atoms with Gasteiger partial charge in [-0.1, -0.05) is 19.6 Å². The summed E-state index contributed by atoms with van der Waals surface area (Å²) < 4.78 is 0. The Bertz CT molecular complexity index is 658. The predicted octanol–water partition coefficient (Wildman–Crippen LogP) is 0.980. The molecule has 0 aliphatic rings. The highest BCUT2D eigenvalue weighted by molar-refractivity contribution is 8.02. The first kappa shape index (κ1) is 25.6. The van der Waals surface area contributed by atoms with Gasteiger partial charge in [-0.25, -0.2) is 0 Å². The summed E-state index contributed by atoms with van der Waals surface area (Å²) >= 11 is 20.8. The van der Waals surface area contributed by atoms with Crippen LogP contribution in [0.5, 0.6) is 0 Å². The third-order valence-corrected chi connectivity index (χ3v) is 5.39. The summed E-state index contributed by atoms with van der Waals surface area (Å²) in [5, 5.41) is -0.816. The quantitative estimate of drug-likeness (QED) is 0.115. The maximum absolute atomic E-state index is 12.4. The molecule has 0 bridgehead atoms. The number of hydrogen-bond acceptors (Lipinski definition) is 7. The number of amides is 1. The van der Waals surface area contributed by atoms with Gasteiger partial charge in [-0.2, -0.15) is 0 Å². The normalized spacial score (nSPS) is 11.5. The number of amidine groups is 1. The van der Waals surface area contributed by atoms with E-state index in [9.17, 15) is 28.8 Å². The Kier molecular flexibility index (Phi) is 9.53. The molecule has 144 valence electrons. The highest BCUT2D eigenvalue weighted by atomic mass is 32.1. The average Bonchev–Trinajstić information content (AvgIpc) is 2.46. The second-order valence-corrected chi connectivity index (χ2v) is 7.22. The lowest BCUT2D eigenvalue weighted by atomic mass is 9.64. The first-order valence-corrected chi connectivity index (χ1v) is 9.22. The van der Waals surface area contributed by atoms with Crippen molar-refractivity contribution in [2.45, 2.75) is 13.3 Å². The van der Waals surface area contributed by atoms with Crippen molar-refractivity contribution in [3.05, 3.63) is 0 Å². The highest BCUT2D eigenvalue weighted by Crippen LogP contribution is 2.49. The summed E-state index contributed by atoms with van der Waals surface area (Å²) in [5.74, 6) is -1.20. The van der Waals surface area contributed by atoms with Gasteiger partial charge in [-0.15, -0.1) is 63.1 Å². The zero-order valence-electron chi connectivity index (χ0n) is 13.0. The Balaban J connectivity index is 7.38. The molecule has 1 amide bonds. The number of carbonyl (C=O) groups is 6. The molecule has 0 aromatic heterocycles. The molecule has 26 heavy (non-hydrogen) atoms. The topological polar surface area (TPSA) is 130 Å². The molecule has 0 aromatic rings. The van der Waals surface area contributed by atoms with Crippen molar-refractivity contribution in [1.29, 1.82) is 5.41 Å². The van der Waals surface area contributed by atoms with Crippen molar-refractivity contribution in [3.63, 3.8) is 0 Å². The fourth-order valence-electron chi connectivity index (χ4n) is 2.28. The van der Waals surface area contributed by atoms with Gasteiger partial charge < -0.3 is 0 Å². The van der Waals surface area contributed by atoms with Gasteiger partial charge in [0, 0.05) is 6.54 Å². The van der Waals surface area contributed by atoms with Crippen LogP contribution < -0.4 is 0 Å². The van der Waals surface area contributed by atoms with E-state index in [0.717, 1.165) is 0 Å². The van der Waals surface area contributed by atoms with Crippen LogP contribution in [0.25, 0.3) is 0 Å². The van der Waals surface area contributed by atoms with Gasteiger partial charge in [0.15, 0.2) is 5.41 Å². The molecule has 0 saturated heterocycles. The standard InChI is InChI=1S/C12H14N2O6S6/c1-2-3-14(10(20)26)4(13)11(5(15)21,6(16)22)12(7(17)23,8(18)24)9(19)25/h13H,2-3H2,1H3,(H,15,21)(H,16,22)(H,17,23)(H,18,24)(H,19,25)(H,20,26). The van der Waals surface area contributed by atoms with E-state index in [4.69, 9.17) is 5.41 Å². The molecule has 1 N–H and O–H groups in total. The molecule has 0 rings (SSSR count). The van der Waals surface area contributed by atoms with Crippen molar-refractivity contribution in [2.75, 3.05) is 6.54 Å². The lowest BCUT2D eigenvalue weighted by Crippen LogP contribution is -2.67. The second-order valence-electron chi connectivity index (χ2n) is 4.81. The summed E-state index contributed by atoms with van der Waals surface area (Å²) in [6, 6.07) is 0. The van der Waals surface area contributed by atoms with Gasteiger partial charge in [0.1, 0.15) is 5.84 Å². The first-order valence-electron chi connectivity index (χ1n) is 6.54. The summed E-state index contributed by atoms with van der Waals surface area (Å²) in [4.78, 5) is 73.6. The van der Waals surface area contributed by atoms with E-state index in [-0.39, 0.29) is 13.0 Å². The minimum atomic E-state index is -3.29. The molecular formula is C12H14N2O6S6. The summed E-state index contributed by atoms with van der Waals surface area (Å²) in [7, 11) is 0. The van der Waals surface area contributed by atoms with Crippen LogP contribution in [0.2, 0.25) is 0 Å². The Morgan fingerprint density at radius 2 is 1.04 bits per heavy atom. The number of nitrogens with zero attached hydrogens (tertiary/aromatic N) is 1. The summed E-state index contributed by atoms with van der Waals surface area (Å²) in [6.07, 6.45) is 0.234. The van der Waals surface area contributed by atoms with E-state index in [1.54, 1.807) is 6.92 Å². The van der Waals surface area contributed by atoms with E-state index >= 15 is 0 Å². The SMILES string of the molecule is CCCN(C(=N)C(C(=O)S)(C(=O)S)C(C(=O)S)(C(=O)S)C(=O)S)C(=O)S. The van der Waals surface area contributed by atoms with Crippen molar-refractivity contribution in [3.8, 4) is 0 Å². The zero-order chi connectivity index (χ0) is 21.0. The van der Waals surface area contributed by atoms with Crippen molar-refractivity contribution in [2.24, 2.45) is 10.8 Å². The lowest BCUT2D eigenvalue weighted by Gasteiger charge is -2.42. The Hall–Kier alpha value is -0.410. The molecule has 0 atom stereocenters. The summed E-state index contributed by atoms with van der Waals surface area (Å²) in [5.41, 5.74) is -6.53. The molecule has 14 heteroatoms. The smallest absolute Gasteiger partial charge is 0.283 e. The van der Waals surface area contributed by atoms with Crippen LogP contribution in [-0.4, -0.2) is 48.1 Å². The molecule has 0 radical (unpaired) electrons. The van der Waals surface area contributed by atoms with Gasteiger partial charge in [-0.05, 0) is 6.42 Å². The van der Waals surface area contributed by atoms with Crippen molar-refractivity contribution in [1.82, 2.24) is 4.90 Å². The number of hydrogen-bond donors (Lipinski definition) is 7. The molecule has 0 unspecified atom stereocenters. The maximum atomic E-state index is 12.4. The monoisotopic (exact) mass is 474 g/mol. The van der Waals surface area contributed by atoms with E-state index < -0.39 is 47.5 Å². The zero-order valence-corrected chi connectivity index (χ0v) is 18.4. The van der Waals surface area contributed by atoms with Crippen LogP contribution in [0, 0.1) is 16.2 Å². The minimum Gasteiger partial charge on any atom is -0.290 e. The Labute approximate surface area is 181 Å². The molecular weight excluding hydrogens is 461 g/mol. The number of carbonyl (C=O) groups excluding carboxylic acids is 6. The van der Waals surface area contributed by atoms with E-state index in [2.05, 4.69) is 75.8 Å². The minimum absolute atomic E-state index is 0.233. The number of thiol groups is 6. The molecule has 0 aliphatic heterocycles. The second kappa shape index (κ2) is 9.68. The maximum Gasteiger partial charge on any atom is 0.283 e. The molecule has 0 spiro atoms. The molecule has 8 nitrogen and oxygen atoms in total. The van der Waals surface area contributed by atoms with Gasteiger partial charge in [-0.3, -0.25) is 39.1 Å². The predicted molar refractivity (Wildman–Crippen MR) is 114 cm³/mol. The molecule has 0 aromatic carbocycles. The van der Waals surface area contributed by atoms with Crippen molar-refractivity contribution >= 4 is 112 Å². The van der Waals surface area contributed by atoms with Crippen molar-refractivity contribution < 1.29 is 28.8 Å². The van der Waals surface area contributed by atoms with Gasteiger partial charge in [0.2, 0.25) is 31.0 Å². The third-order valence-electron chi connectivity index (χ3n) is 3.47. The molecule has 0 aliphatic carbocycles. The lowest BCUT2D eigenvalue weighted by molar-refractivity contribution is -0.151. The third kappa shape index (κ3) is 3.90. The Morgan fingerprint density at radius 3 is 1.23 bits per heavy atom. The average molecular weight is 475 g/mol. The van der Waals surface area contributed by atoms with Crippen LogP contribution in [0.3, 0.4) is 0 Å². The van der Waals surface area contributed by atoms with E-state index in [1.165, 1.54) is 0 Å².